The van der Waals surface area contributed by atoms with Crippen LogP contribution < -0.4 is 9.47 Å². The van der Waals surface area contributed by atoms with E-state index in [9.17, 15) is 0 Å². The third kappa shape index (κ3) is 3.96. The molecule has 1 heterocycles. The number of para-hydroxylation sites is 2. The van der Waals surface area contributed by atoms with Gasteiger partial charge in [-0.25, -0.2) is 4.68 Å². The minimum absolute atomic E-state index is 0.204. The van der Waals surface area contributed by atoms with E-state index in [0.29, 0.717) is 19.8 Å². The first kappa shape index (κ1) is 14.8. The quantitative estimate of drug-likeness (QED) is 0.726. The van der Waals surface area contributed by atoms with Crippen molar-refractivity contribution in [3.63, 3.8) is 0 Å². The highest BCUT2D eigenvalue weighted by atomic mass is 79.9. The normalized spacial score (nSPS) is 12.2. The molecule has 0 amide bonds. The first-order valence-electron chi connectivity index (χ1n) is 6.59. The lowest BCUT2D eigenvalue weighted by Gasteiger charge is -2.11. The van der Waals surface area contributed by atoms with Gasteiger partial charge < -0.3 is 9.47 Å². The van der Waals surface area contributed by atoms with E-state index in [1.54, 1.807) is 4.68 Å². The van der Waals surface area contributed by atoms with Crippen molar-refractivity contribution in [2.75, 3.05) is 13.2 Å². The van der Waals surface area contributed by atoms with Crippen LogP contribution in [0.5, 0.6) is 11.5 Å². The van der Waals surface area contributed by atoms with Crippen LogP contribution in [0.1, 0.15) is 24.4 Å². The van der Waals surface area contributed by atoms with Gasteiger partial charge in [-0.3, -0.25) is 0 Å². The maximum Gasteiger partial charge on any atom is 0.161 e. The summed E-state index contributed by atoms with van der Waals surface area (Å²) in [6, 6.07) is 7.66. The van der Waals surface area contributed by atoms with Gasteiger partial charge in [0.1, 0.15) is 6.61 Å². The van der Waals surface area contributed by atoms with Gasteiger partial charge in [0.05, 0.1) is 23.7 Å². The van der Waals surface area contributed by atoms with Crippen LogP contribution in [-0.2, 0) is 6.54 Å². The van der Waals surface area contributed by atoms with Crippen LogP contribution in [0.4, 0.5) is 0 Å². The molecule has 2 rings (SSSR count). The highest BCUT2D eigenvalue weighted by molar-refractivity contribution is 9.09. The van der Waals surface area contributed by atoms with Crippen molar-refractivity contribution >= 4 is 15.9 Å². The summed E-state index contributed by atoms with van der Waals surface area (Å²) in [6.07, 6.45) is 1.91. The van der Waals surface area contributed by atoms with E-state index in [4.69, 9.17) is 9.47 Å². The van der Waals surface area contributed by atoms with Crippen molar-refractivity contribution < 1.29 is 9.47 Å². The van der Waals surface area contributed by atoms with E-state index in [1.807, 2.05) is 44.3 Å². The monoisotopic (exact) mass is 339 g/mol. The van der Waals surface area contributed by atoms with Gasteiger partial charge in [0.2, 0.25) is 0 Å². The average molecular weight is 340 g/mol. The van der Waals surface area contributed by atoms with E-state index in [1.165, 1.54) is 0 Å². The van der Waals surface area contributed by atoms with Crippen LogP contribution >= 0.6 is 15.9 Å². The summed E-state index contributed by atoms with van der Waals surface area (Å²) in [7, 11) is 0. The van der Waals surface area contributed by atoms with Gasteiger partial charge in [-0.05, 0) is 26.0 Å². The molecule has 2 aromatic rings. The Kier molecular flexibility index (Phi) is 5.40. The SMILES string of the molecule is CCOc1ccccc1OCCn1cc(C(C)Br)nn1. The van der Waals surface area contributed by atoms with Gasteiger partial charge in [-0.1, -0.05) is 33.3 Å². The second-order valence-corrected chi connectivity index (χ2v) is 5.62. The Hall–Kier alpha value is -1.56. The van der Waals surface area contributed by atoms with Crippen molar-refractivity contribution in [1.29, 1.82) is 0 Å². The van der Waals surface area contributed by atoms with Crippen LogP contribution in [0.3, 0.4) is 0 Å². The number of alkyl halides is 1. The van der Waals surface area contributed by atoms with Crippen LogP contribution in [0, 0.1) is 0 Å². The Morgan fingerprint density at radius 3 is 2.55 bits per heavy atom. The van der Waals surface area contributed by atoms with Gasteiger partial charge >= 0.3 is 0 Å². The molecule has 0 saturated heterocycles. The standard InChI is InChI=1S/C14H18BrN3O2/c1-3-19-13-6-4-5-7-14(13)20-9-8-18-10-12(11(2)15)16-17-18/h4-7,10-11H,3,8-9H2,1-2H3. The van der Waals surface area contributed by atoms with Crippen molar-refractivity contribution in [2.24, 2.45) is 0 Å². The lowest BCUT2D eigenvalue weighted by Crippen LogP contribution is -2.09. The Bertz CT molecular complexity index is 543. The Morgan fingerprint density at radius 1 is 1.25 bits per heavy atom. The molecule has 0 fully saturated rings. The van der Waals surface area contributed by atoms with Crippen LogP contribution in [0.2, 0.25) is 0 Å². The number of aromatic nitrogens is 3. The molecule has 0 bridgehead atoms. The Labute approximate surface area is 127 Å². The van der Waals surface area contributed by atoms with Crippen molar-refractivity contribution in [3.05, 3.63) is 36.2 Å². The molecule has 6 heteroatoms. The molecule has 20 heavy (non-hydrogen) atoms. The molecule has 0 radical (unpaired) electrons. The molecular weight excluding hydrogens is 322 g/mol. The first-order chi connectivity index (χ1) is 9.70. The van der Waals surface area contributed by atoms with E-state index < -0.39 is 0 Å². The van der Waals surface area contributed by atoms with E-state index in [-0.39, 0.29) is 4.83 Å². The second-order valence-electron chi connectivity index (χ2n) is 4.25. The molecule has 1 aromatic carbocycles. The lowest BCUT2D eigenvalue weighted by molar-refractivity contribution is 0.261. The number of nitrogens with zero attached hydrogens (tertiary/aromatic N) is 3. The zero-order chi connectivity index (χ0) is 14.4. The maximum atomic E-state index is 5.74. The third-order valence-electron chi connectivity index (χ3n) is 2.69. The van der Waals surface area contributed by atoms with Gasteiger partial charge in [-0.15, -0.1) is 5.10 Å². The Balaban J connectivity index is 1.89. The molecular formula is C14H18BrN3O2. The number of hydrogen-bond acceptors (Lipinski definition) is 4. The van der Waals surface area contributed by atoms with Crippen molar-refractivity contribution in [1.82, 2.24) is 15.0 Å². The fourth-order valence-electron chi connectivity index (χ4n) is 1.70. The highest BCUT2D eigenvalue weighted by Crippen LogP contribution is 2.26. The predicted molar refractivity (Wildman–Crippen MR) is 80.5 cm³/mol. The predicted octanol–water partition coefficient (Wildman–Crippen LogP) is 3.21. The summed E-state index contributed by atoms with van der Waals surface area (Å²) in [5, 5.41) is 8.13. The number of ether oxygens (including phenoxy) is 2. The second kappa shape index (κ2) is 7.28. The molecule has 0 aliphatic carbocycles. The minimum Gasteiger partial charge on any atom is -0.490 e. The van der Waals surface area contributed by atoms with E-state index >= 15 is 0 Å². The molecule has 108 valence electrons. The number of benzene rings is 1. The summed E-state index contributed by atoms with van der Waals surface area (Å²) >= 11 is 3.46. The summed E-state index contributed by atoms with van der Waals surface area (Å²) in [5.74, 6) is 1.52. The summed E-state index contributed by atoms with van der Waals surface area (Å²) < 4.78 is 13.0. The molecule has 0 aliphatic rings. The molecule has 5 nitrogen and oxygen atoms in total. The lowest BCUT2D eigenvalue weighted by atomic mass is 10.3. The maximum absolute atomic E-state index is 5.74. The summed E-state index contributed by atoms with van der Waals surface area (Å²) in [6.45, 7) is 5.75. The minimum atomic E-state index is 0.204. The number of hydrogen-bond donors (Lipinski definition) is 0. The molecule has 0 saturated carbocycles. The zero-order valence-corrected chi connectivity index (χ0v) is 13.2. The molecule has 0 aliphatic heterocycles. The van der Waals surface area contributed by atoms with Crippen molar-refractivity contribution in [3.8, 4) is 11.5 Å². The van der Waals surface area contributed by atoms with Gasteiger partial charge in [0, 0.05) is 6.20 Å². The highest BCUT2D eigenvalue weighted by Gasteiger charge is 2.07. The topological polar surface area (TPSA) is 49.2 Å². The Morgan fingerprint density at radius 2 is 1.95 bits per heavy atom. The third-order valence-corrected chi connectivity index (χ3v) is 3.16. The summed E-state index contributed by atoms with van der Waals surface area (Å²) in [4.78, 5) is 0.204. The van der Waals surface area contributed by atoms with E-state index in [2.05, 4.69) is 26.2 Å². The van der Waals surface area contributed by atoms with Crippen LogP contribution in [-0.4, -0.2) is 28.2 Å². The fourth-order valence-corrected chi connectivity index (χ4v) is 1.91. The fraction of sp³-hybridized carbons (Fsp3) is 0.429. The molecule has 1 unspecified atom stereocenters. The summed E-state index contributed by atoms with van der Waals surface area (Å²) in [5.41, 5.74) is 0.916. The van der Waals surface area contributed by atoms with Crippen molar-refractivity contribution in [2.45, 2.75) is 25.2 Å². The smallest absolute Gasteiger partial charge is 0.161 e. The number of halogens is 1. The van der Waals surface area contributed by atoms with Crippen LogP contribution in [0.25, 0.3) is 0 Å². The molecule has 1 atom stereocenters. The molecule has 0 N–H and O–H groups in total. The van der Waals surface area contributed by atoms with Gasteiger partial charge in [0.15, 0.2) is 11.5 Å². The molecule has 0 spiro atoms. The van der Waals surface area contributed by atoms with Crippen LogP contribution in [0.15, 0.2) is 30.5 Å². The average Bonchev–Trinajstić information content (AvgIpc) is 2.90. The largest absolute Gasteiger partial charge is 0.490 e. The first-order valence-corrected chi connectivity index (χ1v) is 7.51. The zero-order valence-electron chi connectivity index (χ0n) is 11.6. The van der Waals surface area contributed by atoms with Gasteiger partial charge in [0.25, 0.3) is 0 Å². The molecule has 1 aromatic heterocycles. The van der Waals surface area contributed by atoms with E-state index in [0.717, 1.165) is 17.2 Å². The number of rotatable bonds is 7. The van der Waals surface area contributed by atoms with Gasteiger partial charge in [-0.2, -0.15) is 0 Å².